The fourth-order valence-corrected chi connectivity index (χ4v) is 2.74. The van der Waals surface area contributed by atoms with Crippen LogP contribution in [-0.2, 0) is 11.3 Å². The Labute approximate surface area is 120 Å². The molecule has 106 valence electrons. The van der Waals surface area contributed by atoms with Crippen molar-refractivity contribution in [3.05, 3.63) is 28.8 Å². The number of hydrogen-bond donors (Lipinski definition) is 1. The summed E-state index contributed by atoms with van der Waals surface area (Å²) >= 11 is 6.13. The van der Waals surface area contributed by atoms with Crippen LogP contribution in [0.15, 0.2) is 18.2 Å². The fourth-order valence-electron chi connectivity index (χ4n) is 2.55. The Morgan fingerprint density at radius 3 is 3.00 bits per heavy atom. The van der Waals surface area contributed by atoms with Gasteiger partial charge in [-0.2, -0.15) is 0 Å². The predicted molar refractivity (Wildman–Crippen MR) is 81.1 cm³/mol. The van der Waals surface area contributed by atoms with E-state index in [0.717, 1.165) is 44.3 Å². The highest BCUT2D eigenvalue weighted by atomic mass is 35.5. The Hall–Kier alpha value is -0.770. The largest absolute Gasteiger partial charge is 0.377 e. The number of anilines is 1. The average Bonchev–Trinajstić information content (AvgIpc) is 2.45. The van der Waals surface area contributed by atoms with Crippen LogP contribution in [0.2, 0.25) is 5.02 Å². The first-order valence-electron chi connectivity index (χ1n) is 7.09. The Morgan fingerprint density at radius 2 is 2.26 bits per heavy atom. The Bertz CT molecular complexity index is 411. The molecule has 1 aromatic rings. The summed E-state index contributed by atoms with van der Waals surface area (Å²) in [5.74, 6) is 0. The standard InChI is InChI=1S/C15H23ClN2O/c1-3-14-11-19-8-7-18(14)15-6-5-13(16)9-12(15)10-17-4-2/h5-6,9,14,17H,3-4,7-8,10-11H2,1-2H3. The lowest BCUT2D eigenvalue weighted by molar-refractivity contribution is 0.0929. The van der Waals surface area contributed by atoms with Crippen molar-refractivity contribution in [2.24, 2.45) is 0 Å². The van der Waals surface area contributed by atoms with Gasteiger partial charge in [0.2, 0.25) is 0 Å². The number of rotatable bonds is 5. The molecule has 1 aromatic carbocycles. The van der Waals surface area contributed by atoms with E-state index in [0.29, 0.717) is 6.04 Å². The molecule has 0 amide bonds. The van der Waals surface area contributed by atoms with E-state index in [1.807, 2.05) is 6.07 Å². The molecule has 1 saturated heterocycles. The van der Waals surface area contributed by atoms with Gasteiger partial charge < -0.3 is 15.0 Å². The second-order valence-electron chi connectivity index (χ2n) is 4.88. The Kier molecular flexibility index (Phi) is 5.49. The number of morpholine rings is 1. The van der Waals surface area contributed by atoms with E-state index in [-0.39, 0.29) is 0 Å². The Balaban J connectivity index is 2.25. The molecule has 1 atom stereocenters. The lowest BCUT2D eigenvalue weighted by Gasteiger charge is -2.38. The van der Waals surface area contributed by atoms with Crippen molar-refractivity contribution in [3.63, 3.8) is 0 Å². The number of hydrogen-bond acceptors (Lipinski definition) is 3. The van der Waals surface area contributed by atoms with Gasteiger partial charge >= 0.3 is 0 Å². The maximum atomic E-state index is 6.13. The minimum absolute atomic E-state index is 0.468. The molecule has 1 unspecified atom stereocenters. The second-order valence-corrected chi connectivity index (χ2v) is 5.32. The summed E-state index contributed by atoms with van der Waals surface area (Å²) < 4.78 is 5.59. The smallest absolute Gasteiger partial charge is 0.0670 e. The number of nitrogens with zero attached hydrogens (tertiary/aromatic N) is 1. The van der Waals surface area contributed by atoms with Gasteiger partial charge in [-0.05, 0) is 36.7 Å². The first-order valence-corrected chi connectivity index (χ1v) is 7.47. The summed E-state index contributed by atoms with van der Waals surface area (Å²) in [4.78, 5) is 2.46. The van der Waals surface area contributed by atoms with E-state index in [4.69, 9.17) is 16.3 Å². The third-order valence-electron chi connectivity index (χ3n) is 3.62. The average molecular weight is 283 g/mol. The summed E-state index contributed by atoms with van der Waals surface area (Å²) in [6, 6.07) is 6.66. The van der Waals surface area contributed by atoms with Crippen LogP contribution in [0.5, 0.6) is 0 Å². The molecule has 0 aliphatic carbocycles. The molecule has 1 aliphatic heterocycles. The summed E-state index contributed by atoms with van der Waals surface area (Å²) in [6.07, 6.45) is 1.10. The number of halogens is 1. The molecule has 19 heavy (non-hydrogen) atoms. The van der Waals surface area contributed by atoms with Crippen molar-refractivity contribution in [3.8, 4) is 0 Å². The van der Waals surface area contributed by atoms with E-state index < -0.39 is 0 Å². The topological polar surface area (TPSA) is 24.5 Å². The molecular formula is C15H23ClN2O. The normalized spacial score (nSPS) is 19.7. The van der Waals surface area contributed by atoms with Crippen molar-refractivity contribution in [1.82, 2.24) is 5.32 Å². The van der Waals surface area contributed by atoms with Crippen LogP contribution in [0.3, 0.4) is 0 Å². The van der Waals surface area contributed by atoms with Gasteiger partial charge in [-0.15, -0.1) is 0 Å². The van der Waals surface area contributed by atoms with Crippen molar-refractivity contribution in [2.75, 3.05) is 31.2 Å². The monoisotopic (exact) mass is 282 g/mol. The van der Waals surface area contributed by atoms with Crippen LogP contribution in [0.1, 0.15) is 25.8 Å². The lowest BCUT2D eigenvalue weighted by Crippen LogP contribution is -2.45. The highest BCUT2D eigenvalue weighted by Gasteiger charge is 2.23. The molecule has 0 bridgehead atoms. The van der Waals surface area contributed by atoms with E-state index in [1.54, 1.807) is 0 Å². The molecule has 1 N–H and O–H groups in total. The minimum atomic E-state index is 0.468. The summed E-state index contributed by atoms with van der Waals surface area (Å²) in [7, 11) is 0. The van der Waals surface area contributed by atoms with E-state index in [9.17, 15) is 0 Å². The quantitative estimate of drug-likeness (QED) is 0.898. The molecule has 1 fully saturated rings. The van der Waals surface area contributed by atoms with Gasteiger partial charge in [0.15, 0.2) is 0 Å². The van der Waals surface area contributed by atoms with Gasteiger partial charge in [-0.25, -0.2) is 0 Å². The first-order chi connectivity index (χ1) is 9.26. The van der Waals surface area contributed by atoms with Crippen LogP contribution in [-0.4, -0.2) is 32.3 Å². The fraction of sp³-hybridized carbons (Fsp3) is 0.600. The first kappa shape index (κ1) is 14.6. The lowest BCUT2D eigenvalue weighted by atomic mass is 10.1. The van der Waals surface area contributed by atoms with Gasteiger partial charge in [-0.1, -0.05) is 25.4 Å². The van der Waals surface area contributed by atoms with Crippen molar-refractivity contribution in [2.45, 2.75) is 32.9 Å². The number of nitrogens with one attached hydrogen (secondary N) is 1. The van der Waals surface area contributed by atoms with Crippen LogP contribution in [0.25, 0.3) is 0 Å². The molecule has 0 aromatic heterocycles. The zero-order valence-corrected chi connectivity index (χ0v) is 12.5. The van der Waals surface area contributed by atoms with Crippen molar-refractivity contribution < 1.29 is 4.74 Å². The highest BCUT2D eigenvalue weighted by molar-refractivity contribution is 6.30. The summed E-state index contributed by atoms with van der Waals surface area (Å²) in [5, 5.41) is 4.19. The Morgan fingerprint density at radius 1 is 1.42 bits per heavy atom. The van der Waals surface area contributed by atoms with Crippen molar-refractivity contribution in [1.29, 1.82) is 0 Å². The maximum absolute atomic E-state index is 6.13. The van der Waals surface area contributed by atoms with Crippen LogP contribution in [0, 0.1) is 0 Å². The van der Waals surface area contributed by atoms with E-state index in [2.05, 4.69) is 36.2 Å². The minimum Gasteiger partial charge on any atom is -0.377 e. The highest BCUT2D eigenvalue weighted by Crippen LogP contribution is 2.28. The molecule has 0 saturated carbocycles. The van der Waals surface area contributed by atoms with Gasteiger partial charge in [0.05, 0.1) is 19.3 Å². The van der Waals surface area contributed by atoms with E-state index in [1.165, 1.54) is 11.3 Å². The predicted octanol–water partition coefficient (Wildman–Crippen LogP) is 3.06. The SMILES string of the molecule is CCNCc1cc(Cl)ccc1N1CCOCC1CC. The van der Waals surface area contributed by atoms with Gasteiger partial charge in [0.1, 0.15) is 0 Å². The number of benzene rings is 1. The van der Waals surface area contributed by atoms with Crippen LogP contribution in [0.4, 0.5) is 5.69 Å². The molecule has 0 spiro atoms. The molecular weight excluding hydrogens is 260 g/mol. The molecule has 4 heteroatoms. The molecule has 2 rings (SSSR count). The summed E-state index contributed by atoms with van der Waals surface area (Å²) in [5.41, 5.74) is 2.57. The molecule has 3 nitrogen and oxygen atoms in total. The zero-order chi connectivity index (χ0) is 13.7. The van der Waals surface area contributed by atoms with Crippen molar-refractivity contribution >= 4 is 17.3 Å². The van der Waals surface area contributed by atoms with E-state index >= 15 is 0 Å². The van der Waals surface area contributed by atoms with Gasteiger partial charge in [0, 0.05) is 23.8 Å². The molecule has 1 heterocycles. The van der Waals surface area contributed by atoms with Crippen LogP contribution < -0.4 is 10.2 Å². The van der Waals surface area contributed by atoms with Gasteiger partial charge in [0.25, 0.3) is 0 Å². The maximum Gasteiger partial charge on any atom is 0.0670 e. The third kappa shape index (κ3) is 3.62. The van der Waals surface area contributed by atoms with Gasteiger partial charge in [-0.3, -0.25) is 0 Å². The number of ether oxygens (including phenoxy) is 1. The van der Waals surface area contributed by atoms with Crippen LogP contribution >= 0.6 is 11.6 Å². The third-order valence-corrected chi connectivity index (χ3v) is 3.85. The summed E-state index contributed by atoms with van der Waals surface area (Å²) in [6.45, 7) is 8.74. The second kappa shape index (κ2) is 7.13. The molecule has 1 aliphatic rings. The molecule has 0 radical (unpaired) electrons. The zero-order valence-electron chi connectivity index (χ0n) is 11.8.